The van der Waals surface area contributed by atoms with E-state index < -0.39 is 0 Å². The van der Waals surface area contributed by atoms with E-state index in [4.69, 9.17) is 0 Å². The molecule has 4 N–H and O–H groups in total. The van der Waals surface area contributed by atoms with Crippen LogP contribution in [0.1, 0.15) is 5.56 Å². The number of nitrogens with one attached hydrogen (secondary N) is 4. The standard InChI is InChI=1S/C8H12N4S/c1-2-4-7(5-3-1)6-13-8-9-11-12-10-8/h1-5,8-12H,6H2. The fraction of sp³-hybridized carbons (Fsp3) is 0.250. The predicted molar refractivity (Wildman–Crippen MR) is 54.1 cm³/mol. The van der Waals surface area contributed by atoms with Crippen LogP contribution in [0.4, 0.5) is 0 Å². The average Bonchev–Trinajstić information content (AvgIpc) is 2.69. The molecule has 1 fully saturated rings. The Balaban J connectivity index is 1.79. The summed E-state index contributed by atoms with van der Waals surface area (Å²) in [7, 11) is 0. The van der Waals surface area contributed by atoms with Gasteiger partial charge in [-0.25, -0.2) is 10.9 Å². The fourth-order valence-electron chi connectivity index (χ4n) is 1.08. The first-order valence-corrected chi connectivity index (χ1v) is 5.16. The summed E-state index contributed by atoms with van der Waals surface area (Å²) in [4.78, 5) is 0. The van der Waals surface area contributed by atoms with Gasteiger partial charge in [0.15, 0.2) is 0 Å². The maximum absolute atomic E-state index is 3.02. The van der Waals surface area contributed by atoms with E-state index in [1.54, 1.807) is 11.8 Å². The van der Waals surface area contributed by atoms with Crippen molar-refractivity contribution in [2.45, 2.75) is 11.3 Å². The summed E-state index contributed by atoms with van der Waals surface area (Å²) in [6.07, 6.45) is 0. The van der Waals surface area contributed by atoms with Crippen molar-refractivity contribution in [1.29, 1.82) is 0 Å². The van der Waals surface area contributed by atoms with Crippen LogP contribution in [-0.4, -0.2) is 5.50 Å². The van der Waals surface area contributed by atoms with Crippen molar-refractivity contribution >= 4 is 11.8 Å². The van der Waals surface area contributed by atoms with Gasteiger partial charge in [-0.1, -0.05) is 30.3 Å². The molecule has 4 nitrogen and oxygen atoms in total. The number of rotatable bonds is 3. The quantitative estimate of drug-likeness (QED) is 0.561. The molecule has 1 heterocycles. The SMILES string of the molecule is c1ccc(CSC2NNNN2)cc1. The van der Waals surface area contributed by atoms with Crippen molar-refractivity contribution in [2.75, 3.05) is 0 Å². The summed E-state index contributed by atoms with van der Waals surface area (Å²) in [6.45, 7) is 0. The molecule has 0 saturated carbocycles. The highest BCUT2D eigenvalue weighted by atomic mass is 32.2. The van der Waals surface area contributed by atoms with Crippen LogP contribution in [-0.2, 0) is 5.75 Å². The monoisotopic (exact) mass is 196 g/mol. The Kier molecular flexibility index (Phi) is 3.17. The highest BCUT2D eigenvalue weighted by Gasteiger charge is 2.11. The maximum Gasteiger partial charge on any atom is 0.133 e. The zero-order valence-corrected chi connectivity index (χ0v) is 7.90. The minimum Gasteiger partial charge on any atom is -0.215 e. The number of hydrazine groups is 3. The highest BCUT2D eigenvalue weighted by molar-refractivity contribution is 7.99. The van der Waals surface area contributed by atoms with Crippen molar-refractivity contribution in [2.24, 2.45) is 0 Å². The van der Waals surface area contributed by atoms with Crippen LogP contribution in [0.5, 0.6) is 0 Å². The van der Waals surface area contributed by atoms with Crippen LogP contribution in [0.2, 0.25) is 0 Å². The third-order valence-electron chi connectivity index (χ3n) is 1.73. The van der Waals surface area contributed by atoms with Crippen molar-refractivity contribution in [3.63, 3.8) is 0 Å². The van der Waals surface area contributed by atoms with Gasteiger partial charge in [0.05, 0.1) is 0 Å². The Morgan fingerprint density at radius 2 is 1.77 bits per heavy atom. The molecule has 0 bridgehead atoms. The Labute approximate surface area is 81.4 Å². The van der Waals surface area contributed by atoms with E-state index in [-0.39, 0.29) is 5.50 Å². The lowest BCUT2D eigenvalue weighted by Gasteiger charge is -2.07. The van der Waals surface area contributed by atoms with Crippen LogP contribution in [0.15, 0.2) is 30.3 Å². The molecule has 1 aromatic rings. The van der Waals surface area contributed by atoms with Crippen LogP contribution < -0.4 is 21.9 Å². The van der Waals surface area contributed by atoms with E-state index in [0.717, 1.165) is 5.75 Å². The van der Waals surface area contributed by atoms with Gasteiger partial charge in [-0.3, -0.25) is 0 Å². The number of benzene rings is 1. The molecule has 70 valence electrons. The molecule has 2 rings (SSSR count). The summed E-state index contributed by atoms with van der Waals surface area (Å²) < 4.78 is 0. The van der Waals surface area contributed by atoms with Crippen LogP contribution in [0, 0.1) is 0 Å². The van der Waals surface area contributed by atoms with E-state index in [9.17, 15) is 0 Å². The molecule has 0 aromatic heterocycles. The number of hydrogen-bond donors (Lipinski definition) is 4. The molecule has 0 amide bonds. The summed E-state index contributed by atoms with van der Waals surface area (Å²) in [5, 5.41) is 0. The molecule has 0 unspecified atom stereocenters. The predicted octanol–water partition coefficient (Wildman–Crippen LogP) is 0.320. The highest BCUT2D eigenvalue weighted by Crippen LogP contribution is 2.14. The minimum atomic E-state index is 0.222. The lowest BCUT2D eigenvalue weighted by molar-refractivity contribution is 0.556. The van der Waals surface area contributed by atoms with Crippen molar-refractivity contribution in [3.05, 3.63) is 35.9 Å². The van der Waals surface area contributed by atoms with E-state index in [1.807, 2.05) is 6.07 Å². The van der Waals surface area contributed by atoms with Crippen LogP contribution in [0.3, 0.4) is 0 Å². The van der Waals surface area contributed by atoms with Crippen molar-refractivity contribution in [1.82, 2.24) is 21.9 Å². The average molecular weight is 196 g/mol. The molecule has 1 aromatic carbocycles. The van der Waals surface area contributed by atoms with Crippen LogP contribution >= 0.6 is 11.8 Å². The molecule has 5 heteroatoms. The van der Waals surface area contributed by atoms with Gasteiger partial charge in [-0.05, 0) is 5.56 Å². The van der Waals surface area contributed by atoms with Gasteiger partial charge in [-0.15, -0.1) is 11.8 Å². The second kappa shape index (κ2) is 4.59. The van der Waals surface area contributed by atoms with E-state index >= 15 is 0 Å². The Morgan fingerprint density at radius 1 is 1.08 bits per heavy atom. The van der Waals surface area contributed by atoms with Gasteiger partial charge in [0.2, 0.25) is 0 Å². The van der Waals surface area contributed by atoms with Gasteiger partial charge in [-0.2, -0.15) is 11.1 Å². The minimum absolute atomic E-state index is 0.222. The van der Waals surface area contributed by atoms with Crippen LogP contribution in [0.25, 0.3) is 0 Å². The molecule has 0 radical (unpaired) electrons. The van der Waals surface area contributed by atoms with Gasteiger partial charge >= 0.3 is 0 Å². The van der Waals surface area contributed by atoms with E-state index in [0.29, 0.717) is 0 Å². The van der Waals surface area contributed by atoms with Crippen molar-refractivity contribution < 1.29 is 0 Å². The lowest BCUT2D eigenvalue weighted by Crippen LogP contribution is -2.33. The summed E-state index contributed by atoms with van der Waals surface area (Å²) in [6, 6.07) is 10.4. The third-order valence-corrected chi connectivity index (χ3v) is 2.80. The van der Waals surface area contributed by atoms with Gasteiger partial charge < -0.3 is 0 Å². The molecular weight excluding hydrogens is 184 g/mol. The molecule has 0 aliphatic carbocycles. The molecule has 13 heavy (non-hydrogen) atoms. The number of thioether (sulfide) groups is 1. The molecule has 1 saturated heterocycles. The molecule has 1 aliphatic heterocycles. The van der Waals surface area contributed by atoms with E-state index in [2.05, 4.69) is 46.2 Å². The molecular formula is C8H12N4S. The van der Waals surface area contributed by atoms with Gasteiger partial charge in [0.1, 0.15) is 5.50 Å². The lowest BCUT2D eigenvalue weighted by atomic mass is 10.2. The first kappa shape index (κ1) is 8.98. The maximum atomic E-state index is 3.02. The largest absolute Gasteiger partial charge is 0.215 e. The third kappa shape index (κ3) is 2.68. The van der Waals surface area contributed by atoms with Gasteiger partial charge in [0.25, 0.3) is 0 Å². The summed E-state index contributed by atoms with van der Waals surface area (Å²) >= 11 is 1.79. The Bertz CT molecular complexity index is 248. The molecule has 0 spiro atoms. The Hall–Kier alpha value is -0.590. The van der Waals surface area contributed by atoms with Gasteiger partial charge in [0, 0.05) is 5.75 Å². The Morgan fingerprint density at radius 3 is 2.46 bits per heavy atom. The second-order valence-electron chi connectivity index (χ2n) is 2.72. The fourth-order valence-corrected chi connectivity index (χ4v) is 1.91. The number of hydrogen-bond acceptors (Lipinski definition) is 5. The molecule has 1 aliphatic rings. The summed E-state index contributed by atoms with van der Waals surface area (Å²) in [5.74, 6) is 0.995. The first-order chi connectivity index (χ1) is 6.45. The van der Waals surface area contributed by atoms with E-state index in [1.165, 1.54) is 5.56 Å². The zero-order chi connectivity index (χ0) is 8.93. The topological polar surface area (TPSA) is 48.1 Å². The second-order valence-corrected chi connectivity index (χ2v) is 3.81. The normalized spacial score (nSPS) is 17.8. The van der Waals surface area contributed by atoms with Crippen molar-refractivity contribution in [3.8, 4) is 0 Å². The smallest absolute Gasteiger partial charge is 0.133 e. The first-order valence-electron chi connectivity index (χ1n) is 4.12. The molecule has 0 atom stereocenters. The summed E-state index contributed by atoms with van der Waals surface area (Å²) in [5.41, 5.74) is 13.1. The zero-order valence-electron chi connectivity index (χ0n) is 7.08.